The van der Waals surface area contributed by atoms with Crippen LogP contribution in [-0.2, 0) is 12.7 Å². The zero-order valence-corrected chi connectivity index (χ0v) is 12.2. The van der Waals surface area contributed by atoms with Crippen molar-refractivity contribution in [1.29, 1.82) is 0 Å². The maximum absolute atomic E-state index is 12.9. The second kappa shape index (κ2) is 6.66. The van der Waals surface area contributed by atoms with Crippen molar-refractivity contribution in [3.8, 4) is 5.75 Å². The Bertz CT molecular complexity index is 647. The minimum atomic E-state index is -4.81. The molecule has 0 aliphatic heterocycles. The first kappa shape index (κ1) is 16.8. The van der Waals surface area contributed by atoms with E-state index in [1.54, 1.807) is 0 Å². The lowest BCUT2D eigenvalue weighted by Gasteiger charge is -2.15. The van der Waals surface area contributed by atoms with E-state index >= 15 is 0 Å². The number of hydrogen-bond acceptors (Lipinski definition) is 4. The molecule has 0 saturated heterocycles. The van der Waals surface area contributed by atoms with Crippen LogP contribution in [0.15, 0.2) is 24.4 Å². The van der Waals surface area contributed by atoms with Crippen molar-refractivity contribution in [2.45, 2.75) is 19.3 Å². The van der Waals surface area contributed by atoms with Crippen LogP contribution in [0.3, 0.4) is 0 Å². The second-order valence-electron chi connectivity index (χ2n) is 4.02. The highest BCUT2D eigenvalue weighted by molar-refractivity contribution is 7.15. The molecule has 22 heavy (non-hydrogen) atoms. The smallest absolute Gasteiger partial charge is 0.420 e. The molecule has 1 aromatic heterocycles. The van der Waals surface area contributed by atoms with Crippen LogP contribution in [0.1, 0.15) is 10.4 Å². The Balaban J connectivity index is 2.19. The average molecular weight is 359 g/mol. The summed E-state index contributed by atoms with van der Waals surface area (Å²) in [7, 11) is 0. The molecular weight excluding hydrogens is 351 g/mol. The summed E-state index contributed by atoms with van der Waals surface area (Å²) in [5.41, 5.74) is -1.17. The van der Waals surface area contributed by atoms with Gasteiger partial charge in [-0.05, 0) is 18.2 Å². The molecule has 0 fully saturated rings. The molecule has 0 radical (unpaired) electrons. The zero-order chi connectivity index (χ0) is 16.3. The molecule has 0 unspecified atom stereocenters. The molecule has 2 aromatic rings. The Labute approximate surface area is 130 Å². The highest BCUT2D eigenvalue weighted by Gasteiger charge is 2.35. The van der Waals surface area contributed by atoms with Crippen LogP contribution in [0.25, 0.3) is 0 Å². The van der Waals surface area contributed by atoms with E-state index in [0.717, 1.165) is 6.07 Å². The van der Waals surface area contributed by atoms with Crippen LogP contribution < -0.4 is 10.1 Å². The van der Waals surface area contributed by atoms with Crippen LogP contribution in [0.2, 0.25) is 4.47 Å². The molecule has 0 bridgehead atoms. The van der Waals surface area contributed by atoms with Gasteiger partial charge in [0.15, 0.2) is 4.47 Å². The molecule has 0 atom stereocenters. The molecule has 1 heterocycles. The molecular formula is C12H8ClF5N2OS. The summed E-state index contributed by atoms with van der Waals surface area (Å²) in [4.78, 5) is 4.51. The van der Waals surface area contributed by atoms with Crippen LogP contribution >= 0.6 is 22.9 Å². The van der Waals surface area contributed by atoms with E-state index in [4.69, 9.17) is 11.6 Å². The van der Waals surface area contributed by atoms with Crippen molar-refractivity contribution in [2.75, 3.05) is 5.32 Å². The lowest BCUT2D eigenvalue weighted by Crippen LogP contribution is -2.12. The fraction of sp³-hybridized carbons (Fsp3) is 0.250. The Kier molecular flexibility index (Phi) is 5.07. The van der Waals surface area contributed by atoms with Crippen molar-refractivity contribution in [3.63, 3.8) is 0 Å². The number of alkyl halides is 5. The van der Waals surface area contributed by atoms with E-state index < -0.39 is 24.1 Å². The average Bonchev–Trinajstić information content (AvgIpc) is 2.81. The summed E-state index contributed by atoms with van der Waals surface area (Å²) in [5, 5.41) is 2.74. The molecule has 10 heteroatoms. The molecule has 0 aliphatic rings. The van der Waals surface area contributed by atoms with Gasteiger partial charge in [0.1, 0.15) is 5.75 Å². The van der Waals surface area contributed by atoms with Gasteiger partial charge in [-0.1, -0.05) is 11.6 Å². The Morgan fingerprint density at radius 2 is 2.05 bits per heavy atom. The van der Waals surface area contributed by atoms with Crippen molar-refractivity contribution in [1.82, 2.24) is 4.98 Å². The number of nitrogens with zero attached hydrogens (tertiary/aromatic N) is 1. The predicted octanol–water partition coefficient (Wildman–Crippen LogP) is 5.03. The van der Waals surface area contributed by atoms with Gasteiger partial charge in [0.2, 0.25) is 0 Å². The maximum atomic E-state index is 12.9. The monoisotopic (exact) mass is 358 g/mol. The van der Waals surface area contributed by atoms with Crippen LogP contribution in [0.5, 0.6) is 5.75 Å². The van der Waals surface area contributed by atoms with Gasteiger partial charge in [-0.15, -0.1) is 11.3 Å². The number of aromatic nitrogens is 1. The van der Waals surface area contributed by atoms with Crippen molar-refractivity contribution >= 4 is 28.6 Å². The molecule has 3 nitrogen and oxygen atoms in total. The summed E-state index contributed by atoms with van der Waals surface area (Å²) >= 11 is 6.81. The number of rotatable bonds is 5. The van der Waals surface area contributed by atoms with Gasteiger partial charge >= 0.3 is 12.8 Å². The molecule has 1 aromatic carbocycles. The normalized spacial score (nSPS) is 11.8. The number of benzene rings is 1. The van der Waals surface area contributed by atoms with Crippen LogP contribution in [0, 0.1) is 0 Å². The minimum absolute atomic E-state index is 0.110. The molecule has 2 rings (SSSR count). The molecule has 120 valence electrons. The van der Waals surface area contributed by atoms with Gasteiger partial charge in [0.25, 0.3) is 0 Å². The first-order valence-corrected chi connectivity index (χ1v) is 6.95. The largest absolute Gasteiger partial charge is 0.434 e. The molecule has 0 spiro atoms. The Hall–Kier alpha value is -1.61. The van der Waals surface area contributed by atoms with Crippen molar-refractivity contribution in [3.05, 3.63) is 39.3 Å². The van der Waals surface area contributed by atoms with Crippen LogP contribution in [-0.4, -0.2) is 11.6 Å². The number of anilines is 1. The fourth-order valence-corrected chi connectivity index (χ4v) is 2.53. The molecule has 0 saturated carbocycles. The SMILES string of the molecule is FC(F)Oc1ccc(NCc2cnc(Cl)s2)cc1C(F)(F)F. The quantitative estimate of drug-likeness (QED) is 0.761. The van der Waals surface area contributed by atoms with Gasteiger partial charge in [-0.2, -0.15) is 22.0 Å². The highest BCUT2D eigenvalue weighted by atomic mass is 35.5. The summed E-state index contributed by atoms with van der Waals surface area (Å²) in [6.07, 6.45) is -3.32. The summed E-state index contributed by atoms with van der Waals surface area (Å²) < 4.78 is 67.1. The third-order valence-electron chi connectivity index (χ3n) is 2.49. The number of thiazole rings is 1. The van der Waals surface area contributed by atoms with E-state index in [2.05, 4.69) is 15.0 Å². The summed E-state index contributed by atoms with van der Waals surface area (Å²) in [6, 6.07) is 2.77. The van der Waals surface area contributed by atoms with Crippen molar-refractivity contribution in [2.24, 2.45) is 0 Å². The summed E-state index contributed by atoms with van der Waals surface area (Å²) in [6.45, 7) is -3.13. The lowest BCUT2D eigenvalue weighted by atomic mass is 10.1. The third kappa shape index (κ3) is 4.44. The van der Waals surface area contributed by atoms with Gasteiger partial charge in [-0.3, -0.25) is 0 Å². The fourth-order valence-electron chi connectivity index (χ4n) is 1.61. The predicted molar refractivity (Wildman–Crippen MR) is 72.5 cm³/mol. The van der Waals surface area contributed by atoms with Gasteiger partial charge in [0, 0.05) is 16.8 Å². The number of nitrogens with one attached hydrogen (secondary N) is 1. The Morgan fingerprint density at radius 1 is 1.32 bits per heavy atom. The first-order valence-electron chi connectivity index (χ1n) is 5.76. The van der Waals surface area contributed by atoms with E-state index in [1.165, 1.54) is 23.6 Å². The van der Waals surface area contributed by atoms with Gasteiger partial charge in [0.05, 0.1) is 12.1 Å². The molecule has 1 N–H and O–H groups in total. The third-order valence-corrected chi connectivity index (χ3v) is 3.61. The first-order chi connectivity index (χ1) is 10.3. The highest BCUT2D eigenvalue weighted by Crippen LogP contribution is 2.38. The number of ether oxygens (including phenoxy) is 1. The molecule has 0 amide bonds. The lowest BCUT2D eigenvalue weighted by molar-refractivity contribution is -0.141. The van der Waals surface area contributed by atoms with E-state index in [-0.39, 0.29) is 12.2 Å². The van der Waals surface area contributed by atoms with E-state index in [0.29, 0.717) is 15.4 Å². The van der Waals surface area contributed by atoms with Crippen LogP contribution in [0.4, 0.5) is 27.6 Å². The van der Waals surface area contributed by atoms with Crippen molar-refractivity contribution < 1.29 is 26.7 Å². The van der Waals surface area contributed by atoms with Gasteiger partial charge in [-0.25, -0.2) is 4.98 Å². The minimum Gasteiger partial charge on any atom is -0.434 e. The van der Waals surface area contributed by atoms with E-state index in [1.807, 2.05) is 0 Å². The number of hydrogen-bond donors (Lipinski definition) is 1. The standard InChI is InChI=1S/C12H8ClF5N2OS/c13-10-20-5-7(22-10)4-19-6-1-2-9(21-11(14)15)8(3-6)12(16,17)18/h1-3,5,11,19H,4H2. The Morgan fingerprint density at radius 3 is 2.59 bits per heavy atom. The second-order valence-corrected chi connectivity index (χ2v) is 5.72. The van der Waals surface area contributed by atoms with Gasteiger partial charge < -0.3 is 10.1 Å². The van der Waals surface area contributed by atoms with E-state index in [9.17, 15) is 22.0 Å². The molecule has 0 aliphatic carbocycles. The maximum Gasteiger partial charge on any atom is 0.420 e. The topological polar surface area (TPSA) is 34.1 Å². The zero-order valence-electron chi connectivity index (χ0n) is 10.6. The summed E-state index contributed by atoms with van der Waals surface area (Å²) in [5.74, 6) is -0.922. The number of halogens is 6.